The maximum atomic E-state index is 12.0. The molecule has 0 aliphatic carbocycles. The number of ether oxygens (including phenoxy) is 2. The second-order valence-electron chi connectivity index (χ2n) is 3.23. The predicted octanol–water partition coefficient (Wildman–Crippen LogP) is 1.98. The Labute approximate surface area is 93.2 Å². The van der Waals surface area contributed by atoms with E-state index in [1.807, 2.05) is 0 Å². The summed E-state index contributed by atoms with van der Waals surface area (Å²) >= 11 is 0. The van der Waals surface area contributed by atoms with Gasteiger partial charge in [0, 0.05) is 6.54 Å². The Morgan fingerprint density at radius 1 is 1.38 bits per heavy atom. The predicted molar refractivity (Wildman–Crippen MR) is 56.7 cm³/mol. The smallest absolute Gasteiger partial charge is 0.261 e. The lowest BCUT2D eigenvalue weighted by atomic mass is 10.1. The lowest BCUT2D eigenvalue weighted by Crippen LogP contribution is -2.18. The first kappa shape index (κ1) is 12.9. The Hall–Kier alpha value is -1.20. The molecule has 0 saturated heterocycles. The van der Waals surface area contributed by atoms with Crippen molar-refractivity contribution in [1.29, 1.82) is 0 Å². The monoisotopic (exact) mass is 231 g/mol. The van der Waals surface area contributed by atoms with Crippen molar-refractivity contribution in [1.82, 2.24) is 0 Å². The Morgan fingerprint density at radius 2 is 2.12 bits per heavy atom. The summed E-state index contributed by atoms with van der Waals surface area (Å²) in [5, 5.41) is 0. The highest BCUT2D eigenvalue weighted by Gasteiger charge is 2.13. The molecule has 16 heavy (non-hydrogen) atoms. The van der Waals surface area contributed by atoms with Crippen molar-refractivity contribution < 1.29 is 18.3 Å². The molecule has 1 aromatic carbocycles. The molecule has 0 radical (unpaired) electrons. The summed E-state index contributed by atoms with van der Waals surface area (Å²) in [4.78, 5) is 0. The minimum absolute atomic E-state index is 0.153. The zero-order chi connectivity index (χ0) is 12.0. The van der Waals surface area contributed by atoms with Gasteiger partial charge in [0.25, 0.3) is 6.43 Å². The van der Waals surface area contributed by atoms with E-state index in [0.29, 0.717) is 5.75 Å². The summed E-state index contributed by atoms with van der Waals surface area (Å²) in [5.41, 5.74) is 6.21. The van der Waals surface area contributed by atoms with E-state index in [1.54, 1.807) is 24.3 Å². The van der Waals surface area contributed by atoms with Gasteiger partial charge >= 0.3 is 0 Å². The van der Waals surface area contributed by atoms with Gasteiger partial charge in [0.15, 0.2) is 0 Å². The van der Waals surface area contributed by atoms with Crippen molar-refractivity contribution in [3.8, 4) is 5.75 Å². The van der Waals surface area contributed by atoms with Gasteiger partial charge in [0.05, 0.1) is 13.2 Å². The maximum absolute atomic E-state index is 12.0. The third-order valence-electron chi connectivity index (χ3n) is 2.10. The van der Waals surface area contributed by atoms with Gasteiger partial charge in [0.2, 0.25) is 0 Å². The molecule has 0 aliphatic heterocycles. The van der Waals surface area contributed by atoms with Crippen LogP contribution in [0.2, 0.25) is 0 Å². The number of halogens is 2. The lowest BCUT2D eigenvalue weighted by Gasteiger charge is -2.16. The van der Waals surface area contributed by atoms with Gasteiger partial charge in [-0.2, -0.15) is 0 Å². The molecular formula is C11H15F2NO2. The van der Waals surface area contributed by atoms with E-state index in [0.717, 1.165) is 5.56 Å². The molecule has 1 unspecified atom stereocenters. The van der Waals surface area contributed by atoms with Crippen molar-refractivity contribution >= 4 is 0 Å². The number of methoxy groups -OCH3 is 1. The molecule has 1 aromatic rings. The zero-order valence-corrected chi connectivity index (χ0v) is 9.03. The van der Waals surface area contributed by atoms with E-state index in [-0.39, 0.29) is 6.54 Å². The van der Waals surface area contributed by atoms with E-state index in [2.05, 4.69) is 0 Å². The summed E-state index contributed by atoms with van der Waals surface area (Å²) in [6, 6.07) is 7.03. The number of nitrogens with two attached hydrogens (primary N) is 1. The van der Waals surface area contributed by atoms with Gasteiger partial charge in [-0.25, -0.2) is 8.78 Å². The Kier molecular flexibility index (Phi) is 5.14. The molecular weight excluding hydrogens is 216 g/mol. The van der Waals surface area contributed by atoms with Crippen LogP contribution in [0.4, 0.5) is 8.78 Å². The minimum atomic E-state index is -2.49. The largest absolute Gasteiger partial charge is 0.497 e. The van der Waals surface area contributed by atoms with Crippen LogP contribution in [0.15, 0.2) is 24.3 Å². The summed E-state index contributed by atoms with van der Waals surface area (Å²) in [6.07, 6.45) is -3.01. The minimum Gasteiger partial charge on any atom is -0.497 e. The van der Waals surface area contributed by atoms with E-state index in [1.165, 1.54) is 7.11 Å². The summed E-state index contributed by atoms with van der Waals surface area (Å²) < 4.78 is 34.0. The molecule has 5 heteroatoms. The first-order valence-electron chi connectivity index (χ1n) is 4.91. The maximum Gasteiger partial charge on any atom is 0.261 e. The van der Waals surface area contributed by atoms with Gasteiger partial charge in [-0.3, -0.25) is 0 Å². The van der Waals surface area contributed by atoms with Crippen LogP contribution >= 0.6 is 0 Å². The average Bonchev–Trinajstić information content (AvgIpc) is 2.30. The normalized spacial score (nSPS) is 12.8. The van der Waals surface area contributed by atoms with Gasteiger partial charge in [0.1, 0.15) is 12.4 Å². The third kappa shape index (κ3) is 3.75. The quantitative estimate of drug-likeness (QED) is 0.814. The molecule has 0 aliphatic rings. The number of alkyl halides is 2. The number of hydrogen-bond donors (Lipinski definition) is 1. The number of hydrogen-bond acceptors (Lipinski definition) is 3. The van der Waals surface area contributed by atoms with E-state index in [9.17, 15) is 8.78 Å². The van der Waals surface area contributed by atoms with Crippen LogP contribution in [0, 0.1) is 0 Å². The first-order chi connectivity index (χ1) is 7.67. The van der Waals surface area contributed by atoms with Crippen LogP contribution < -0.4 is 10.5 Å². The molecule has 1 atom stereocenters. The summed E-state index contributed by atoms with van der Waals surface area (Å²) in [6.45, 7) is -0.459. The molecule has 2 N–H and O–H groups in total. The van der Waals surface area contributed by atoms with Gasteiger partial charge in [-0.05, 0) is 17.7 Å². The van der Waals surface area contributed by atoms with E-state index >= 15 is 0 Å². The van der Waals surface area contributed by atoms with Crippen LogP contribution in [-0.2, 0) is 4.74 Å². The molecule has 0 heterocycles. The second kappa shape index (κ2) is 6.40. The molecule has 1 rings (SSSR count). The summed E-state index contributed by atoms with van der Waals surface area (Å²) in [7, 11) is 1.54. The van der Waals surface area contributed by atoms with Crippen molar-refractivity contribution in [2.75, 3.05) is 20.3 Å². The average molecular weight is 231 g/mol. The van der Waals surface area contributed by atoms with Gasteiger partial charge < -0.3 is 15.2 Å². The van der Waals surface area contributed by atoms with Crippen LogP contribution in [0.5, 0.6) is 5.75 Å². The molecule has 0 aromatic heterocycles. The fraction of sp³-hybridized carbons (Fsp3) is 0.455. The molecule has 90 valence electrons. The van der Waals surface area contributed by atoms with Gasteiger partial charge in [-0.1, -0.05) is 12.1 Å². The van der Waals surface area contributed by atoms with Gasteiger partial charge in [-0.15, -0.1) is 0 Å². The second-order valence-corrected chi connectivity index (χ2v) is 3.23. The Bertz CT molecular complexity index is 321. The molecule has 3 nitrogen and oxygen atoms in total. The highest BCUT2D eigenvalue weighted by atomic mass is 19.3. The van der Waals surface area contributed by atoms with Crippen molar-refractivity contribution in [3.63, 3.8) is 0 Å². The lowest BCUT2D eigenvalue weighted by molar-refractivity contribution is -0.0217. The van der Waals surface area contributed by atoms with Crippen LogP contribution in [0.25, 0.3) is 0 Å². The molecule has 0 bridgehead atoms. The Morgan fingerprint density at radius 3 is 2.69 bits per heavy atom. The highest BCUT2D eigenvalue weighted by Crippen LogP contribution is 2.21. The third-order valence-corrected chi connectivity index (χ3v) is 2.10. The molecule has 0 amide bonds. The van der Waals surface area contributed by atoms with Crippen molar-refractivity contribution in [2.45, 2.75) is 12.5 Å². The fourth-order valence-corrected chi connectivity index (χ4v) is 1.33. The van der Waals surface area contributed by atoms with E-state index < -0.39 is 19.1 Å². The molecule has 0 spiro atoms. The SMILES string of the molecule is COc1cccc(C(CN)OCC(F)F)c1. The fourth-order valence-electron chi connectivity index (χ4n) is 1.33. The highest BCUT2D eigenvalue weighted by molar-refractivity contribution is 5.30. The Balaban J connectivity index is 2.70. The van der Waals surface area contributed by atoms with Crippen molar-refractivity contribution in [2.24, 2.45) is 5.73 Å². The van der Waals surface area contributed by atoms with Crippen LogP contribution in [0.3, 0.4) is 0 Å². The van der Waals surface area contributed by atoms with Crippen LogP contribution in [0.1, 0.15) is 11.7 Å². The summed E-state index contributed by atoms with van der Waals surface area (Å²) in [5.74, 6) is 0.650. The number of benzene rings is 1. The zero-order valence-electron chi connectivity index (χ0n) is 9.03. The first-order valence-corrected chi connectivity index (χ1v) is 4.91. The van der Waals surface area contributed by atoms with Crippen LogP contribution in [-0.4, -0.2) is 26.7 Å². The molecule has 0 fully saturated rings. The standard InChI is InChI=1S/C11H15F2NO2/c1-15-9-4-2-3-8(5-9)10(6-14)16-7-11(12)13/h2-5,10-11H,6-7,14H2,1H3. The molecule has 0 saturated carbocycles. The van der Waals surface area contributed by atoms with Crippen molar-refractivity contribution in [3.05, 3.63) is 29.8 Å². The number of rotatable bonds is 6. The topological polar surface area (TPSA) is 44.5 Å². The van der Waals surface area contributed by atoms with E-state index in [4.69, 9.17) is 15.2 Å².